The van der Waals surface area contributed by atoms with Crippen molar-refractivity contribution in [2.45, 2.75) is 12.7 Å². The van der Waals surface area contributed by atoms with Crippen molar-refractivity contribution in [1.29, 1.82) is 0 Å². The van der Waals surface area contributed by atoms with Gasteiger partial charge in [0.25, 0.3) is 0 Å². The number of rotatable bonds is 6. The third-order valence-electron chi connectivity index (χ3n) is 2.54. The van der Waals surface area contributed by atoms with Crippen molar-refractivity contribution in [3.63, 3.8) is 0 Å². The number of carbonyl (C=O) groups is 1. The third kappa shape index (κ3) is 4.63. The molecule has 3 nitrogen and oxygen atoms in total. The van der Waals surface area contributed by atoms with E-state index in [1.165, 1.54) is 11.8 Å². The number of hydrogen-bond donors (Lipinski definition) is 0. The van der Waals surface area contributed by atoms with E-state index < -0.39 is 0 Å². The number of furan rings is 1. The molecule has 0 aliphatic carbocycles. The predicted molar refractivity (Wildman–Crippen MR) is 81.7 cm³/mol. The van der Waals surface area contributed by atoms with Crippen LogP contribution in [0.5, 0.6) is 5.75 Å². The van der Waals surface area contributed by atoms with Crippen LogP contribution in [-0.4, -0.2) is 11.7 Å². The number of carbonyl (C=O) groups excluding carboxylic acids is 1. The summed E-state index contributed by atoms with van der Waals surface area (Å²) in [6, 6.07) is 11.3. The van der Waals surface area contributed by atoms with E-state index in [-0.39, 0.29) is 5.12 Å². The summed E-state index contributed by atoms with van der Waals surface area (Å²) in [4.78, 5) is 11.7. The van der Waals surface area contributed by atoms with E-state index in [9.17, 15) is 4.79 Å². The van der Waals surface area contributed by atoms with E-state index in [0.29, 0.717) is 12.4 Å². The fourth-order valence-corrected chi connectivity index (χ4v) is 2.20. The van der Waals surface area contributed by atoms with Gasteiger partial charge < -0.3 is 9.15 Å². The summed E-state index contributed by atoms with van der Waals surface area (Å²) in [6.45, 7) is 2.60. The van der Waals surface area contributed by atoms with Gasteiger partial charge in [-0.2, -0.15) is 0 Å². The Bertz CT molecular complexity index is 556. The molecule has 0 fully saturated rings. The van der Waals surface area contributed by atoms with E-state index >= 15 is 0 Å². The Labute approximate surface area is 122 Å². The molecule has 1 aromatic heterocycles. The zero-order valence-corrected chi connectivity index (χ0v) is 12.1. The minimum atomic E-state index is 0.00952. The lowest BCUT2D eigenvalue weighted by Gasteiger charge is -2.02. The molecule has 0 N–H and O–H groups in total. The van der Waals surface area contributed by atoms with Gasteiger partial charge in [-0.3, -0.25) is 4.79 Å². The van der Waals surface area contributed by atoms with Crippen molar-refractivity contribution in [1.82, 2.24) is 0 Å². The monoisotopic (exact) mass is 288 g/mol. The number of thioether (sulfide) groups is 1. The van der Waals surface area contributed by atoms with Gasteiger partial charge in [0.15, 0.2) is 0 Å². The molecule has 1 aromatic carbocycles. The second kappa shape index (κ2) is 7.60. The lowest BCUT2D eigenvalue weighted by atomic mass is 10.2. The third-order valence-corrected chi connectivity index (χ3v) is 3.39. The summed E-state index contributed by atoms with van der Waals surface area (Å²) < 4.78 is 10.5. The average molecular weight is 288 g/mol. The Balaban J connectivity index is 1.83. The molecule has 0 bridgehead atoms. The Morgan fingerprint density at radius 3 is 2.75 bits per heavy atom. The van der Waals surface area contributed by atoms with Crippen LogP contribution in [-0.2, 0) is 10.5 Å². The van der Waals surface area contributed by atoms with Gasteiger partial charge >= 0.3 is 0 Å². The van der Waals surface area contributed by atoms with Crippen molar-refractivity contribution in [3.05, 3.63) is 60.1 Å². The fourth-order valence-electron chi connectivity index (χ4n) is 1.59. The molecular formula is C16H16O3S. The van der Waals surface area contributed by atoms with Crippen LogP contribution in [0.4, 0.5) is 0 Å². The number of ether oxygens (including phenoxy) is 1. The van der Waals surface area contributed by atoms with Crippen LogP contribution in [0.15, 0.2) is 53.2 Å². The Kier molecular flexibility index (Phi) is 5.50. The summed E-state index contributed by atoms with van der Waals surface area (Å²) in [6.07, 6.45) is 4.98. The van der Waals surface area contributed by atoms with E-state index in [1.807, 2.05) is 43.3 Å². The first-order valence-electron chi connectivity index (χ1n) is 6.38. The van der Waals surface area contributed by atoms with Crippen molar-refractivity contribution in [3.8, 4) is 5.75 Å². The zero-order chi connectivity index (χ0) is 14.2. The smallest absolute Gasteiger partial charge is 0.212 e. The highest BCUT2D eigenvalue weighted by Crippen LogP contribution is 2.16. The first-order valence-corrected chi connectivity index (χ1v) is 7.36. The number of benzene rings is 1. The van der Waals surface area contributed by atoms with Gasteiger partial charge in [0.1, 0.15) is 11.5 Å². The summed E-state index contributed by atoms with van der Waals surface area (Å²) in [5.41, 5.74) is 0.973. The van der Waals surface area contributed by atoms with Gasteiger partial charge in [-0.1, -0.05) is 30.0 Å². The minimum absolute atomic E-state index is 0.00952. The molecule has 0 unspecified atom stereocenters. The molecule has 1 heterocycles. The molecule has 2 rings (SSSR count). The molecule has 0 amide bonds. The predicted octanol–water partition coefficient (Wildman–Crippen LogP) is 4.15. The maximum atomic E-state index is 11.7. The molecule has 20 heavy (non-hydrogen) atoms. The normalized spacial score (nSPS) is 10.8. The van der Waals surface area contributed by atoms with Gasteiger partial charge in [0.05, 0.1) is 18.6 Å². The van der Waals surface area contributed by atoms with Crippen molar-refractivity contribution >= 4 is 23.0 Å². The van der Waals surface area contributed by atoms with Gasteiger partial charge in [0, 0.05) is 0 Å². The fraction of sp³-hybridized carbons (Fsp3) is 0.188. The maximum absolute atomic E-state index is 11.7. The molecule has 0 spiro atoms. The second-order valence-corrected chi connectivity index (χ2v) is 5.00. The van der Waals surface area contributed by atoms with Crippen molar-refractivity contribution in [2.24, 2.45) is 0 Å². The highest BCUT2D eigenvalue weighted by molar-refractivity contribution is 8.13. The van der Waals surface area contributed by atoms with Crippen LogP contribution in [0.25, 0.3) is 6.08 Å². The summed E-state index contributed by atoms with van der Waals surface area (Å²) in [5, 5.41) is 0.00952. The maximum Gasteiger partial charge on any atom is 0.212 e. The minimum Gasteiger partial charge on any atom is -0.494 e. The molecule has 2 aromatic rings. The standard InChI is InChI=1S/C16H16O3S/c1-2-18-14-8-5-13(6-9-14)7-10-16(17)20-12-15-4-3-11-19-15/h3-11H,2,12H2,1H3. The van der Waals surface area contributed by atoms with Crippen LogP contribution >= 0.6 is 11.8 Å². The highest BCUT2D eigenvalue weighted by Gasteiger charge is 2.01. The Morgan fingerprint density at radius 1 is 1.30 bits per heavy atom. The summed E-state index contributed by atoms with van der Waals surface area (Å²) in [5.74, 6) is 2.19. The van der Waals surface area contributed by atoms with E-state index in [1.54, 1.807) is 18.4 Å². The molecule has 4 heteroatoms. The second-order valence-electron chi connectivity index (χ2n) is 4.02. The zero-order valence-electron chi connectivity index (χ0n) is 11.2. The van der Waals surface area contributed by atoms with Gasteiger partial charge in [-0.25, -0.2) is 0 Å². The van der Waals surface area contributed by atoms with Crippen LogP contribution in [0, 0.1) is 0 Å². The lowest BCUT2D eigenvalue weighted by molar-refractivity contribution is -0.107. The van der Waals surface area contributed by atoms with Crippen LogP contribution in [0.1, 0.15) is 18.2 Å². The topological polar surface area (TPSA) is 39.4 Å². The molecule has 104 valence electrons. The van der Waals surface area contributed by atoms with E-state index in [2.05, 4.69) is 0 Å². The van der Waals surface area contributed by atoms with Crippen molar-refractivity contribution in [2.75, 3.05) is 6.61 Å². The van der Waals surface area contributed by atoms with Crippen LogP contribution in [0.3, 0.4) is 0 Å². The number of hydrogen-bond acceptors (Lipinski definition) is 4. The molecule has 0 aliphatic rings. The van der Waals surface area contributed by atoms with Crippen molar-refractivity contribution < 1.29 is 13.9 Å². The highest BCUT2D eigenvalue weighted by atomic mass is 32.2. The van der Waals surface area contributed by atoms with Gasteiger partial charge in [-0.15, -0.1) is 0 Å². The molecule has 0 atom stereocenters. The average Bonchev–Trinajstić information content (AvgIpc) is 2.98. The Hall–Kier alpha value is -1.94. The first kappa shape index (κ1) is 14.5. The lowest BCUT2D eigenvalue weighted by Crippen LogP contribution is -1.90. The van der Waals surface area contributed by atoms with Crippen LogP contribution in [0.2, 0.25) is 0 Å². The molecular weight excluding hydrogens is 272 g/mol. The molecule has 0 saturated heterocycles. The summed E-state index contributed by atoms with van der Waals surface area (Å²) in [7, 11) is 0. The van der Waals surface area contributed by atoms with E-state index in [0.717, 1.165) is 17.1 Å². The largest absolute Gasteiger partial charge is 0.494 e. The van der Waals surface area contributed by atoms with E-state index in [4.69, 9.17) is 9.15 Å². The van der Waals surface area contributed by atoms with Gasteiger partial charge in [-0.05, 0) is 42.8 Å². The SMILES string of the molecule is CCOc1ccc(C=CC(=O)SCc2ccco2)cc1. The summed E-state index contributed by atoms with van der Waals surface area (Å²) >= 11 is 1.22. The van der Waals surface area contributed by atoms with Gasteiger partial charge in [0.2, 0.25) is 5.12 Å². The quantitative estimate of drug-likeness (QED) is 0.748. The molecule has 0 aliphatic heterocycles. The molecule has 0 saturated carbocycles. The van der Waals surface area contributed by atoms with Crippen LogP contribution < -0.4 is 4.74 Å². The molecule has 0 radical (unpaired) electrons. The Morgan fingerprint density at radius 2 is 2.10 bits per heavy atom. The first-order chi connectivity index (χ1) is 9.78.